The second kappa shape index (κ2) is 2.91. The van der Waals surface area contributed by atoms with Gasteiger partial charge in [0.05, 0.1) is 23.7 Å². The van der Waals surface area contributed by atoms with Crippen molar-refractivity contribution < 1.29 is 0 Å². The first-order chi connectivity index (χ1) is 6.33. The van der Waals surface area contributed by atoms with Gasteiger partial charge in [-0.15, -0.1) is 0 Å². The van der Waals surface area contributed by atoms with Crippen LogP contribution in [0.15, 0.2) is 24.5 Å². The molecule has 0 aliphatic rings. The summed E-state index contributed by atoms with van der Waals surface area (Å²) in [5, 5.41) is 9.66. The first-order valence-electron chi connectivity index (χ1n) is 4.09. The van der Waals surface area contributed by atoms with Gasteiger partial charge in [0.2, 0.25) is 0 Å². The molecule has 2 rings (SSSR count). The Bertz CT molecular complexity index is 476. The van der Waals surface area contributed by atoms with Crippen molar-refractivity contribution in [3.8, 4) is 6.07 Å². The molecule has 0 saturated carbocycles. The highest BCUT2D eigenvalue weighted by atomic mass is 14.9. The number of fused-ring (bicyclic) bond motifs is 1. The van der Waals surface area contributed by atoms with Crippen LogP contribution in [0.3, 0.4) is 0 Å². The number of nitrogens with zero attached hydrogens (tertiary/aromatic N) is 3. The second-order valence-corrected chi connectivity index (χ2v) is 2.95. The Morgan fingerprint density at radius 1 is 1.54 bits per heavy atom. The summed E-state index contributed by atoms with van der Waals surface area (Å²) in [5.74, 6) is 0. The molecule has 0 aliphatic heterocycles. The topological polar surface area (TPSA) is 41.6 Å². The standard InChI is InChI=1S/C10H9N3/c1-13-7-4-8-9(2-5-11)12-6-3-10(8)13/h3-4,6-7H,2H2,1H3. The van der Waals surface area contributed by atoms with Gasteiger partial charge in [0.25, 0.3) is 0 Å². The van der Waals surface area contributed by atoms with Crippen LogP contribution < -0.4 is 0 Å². The molecule has 2 aromatic rings. The molecule has 3 nitrogen and oxygen atoms in total. The van der Waals surface area contributed by atoms with Gasteiger partial charge in [-0.25, -0.2) is 0 Å². The van der Waals surface area contributed by atoms with Crippen molar-refractivity contribution in [1.29, 1.82) is 5.26 Å². The minimum Gasteiger partial charge on any atom is -0.350 e. The van der Waals surface area contributed by atoms with Crippen molar-refractivity contribution in [2.75, 3.05) is 0 Å². The van der Waals surface area contributed by atoms with Gasteiger partial charge in [0.15, 0.2) is 0 Å². The van der Waals surface area contributed by atoms with Gasteiger partial charge in [-0.2, -0.15) is 5.26 Å². The summed E-state index contributed by atoms with van der Waals surface area (Å²) in [6, 6.07) is 6.06. The Morgan fingerprint density at radius 2 is 2.38 bits per heavy atom. The van der Waals surface area contributed by atoms with E-state index in [0.717, 1.165) is 16.6 Å². The van der Waals surface area contributed by atoms with Gasteiger partial charge < -0.3 is 4.57 Å². The molecule has 0 bridgehead atoms. The van der Waals surface area contributed by atoms with Crippen LogP contribution in [0, 0.1) is 11.3 Å². The van der Waals surface area contributed by atoms with Crippen LogP contribution in [0.1, 0.15) is 5.69 Å². The molecular formula is C10H9N3. The van der Waals surface area contributed by atoms with Gasteiger partial charge >= 0.3 is 0 Å². The maximum absolute atomic E-state index is 8.59. The van der Waals surface area contributed by atoms with E-state index in [0.29, 0.717) is 6.42 Å². The van der Waals surface area contributed by atoms with Crippen molar-refractivity contribution in [3.05, 3.63) is 30.2 Å². The molecule has 0 saturated heterocycles. The molecule has 0 aromatic carbocycles. The molecule has 64 valence electrons. The Balaban J connectivity index is 2.71. The number of hydrogen-bond donors (Lipinski definition) is 0. The normalized spacial score (nSPS) is 10.2. The van der Waals surface area contributed by atoms with E-state index in [4.69, 9.17) is 5.26 Å². The summed E-state index contributed by atoms with van der Waals surface area (Å²) in [6.45, 7) is 0. The minimum absolute atomic E-state index is 0.376. The average Bonchev–Trinajstić information content (AvgIpc) is 2.50. The average molecular weight is 171 g/mol. The van der Waals surface area contributed by atoms with Crippen molar-refractivity contribution in [1.82, 2.24) is 9.55 Å². The molecule has 0 spiro atoms. The molecule has 0 radical (unpaired) electrons. The van der Waals surface area contributed by atoms with E-state index in [1.807, 2.05) is 29.9 Å². The lowest BCUT2D eigenvalue weighted by molar-refractivity contribution is 0.967. The molecule has 0 amide bonds. The Morgan fingerprint density at radius 3 is 3.15 bits per heavy atom. The summed E-state index contributed by atoms with van der Waals surface area (Å²) < 4.78 is 2.03. The molecule has 0 aliphatic carbocycles. The summed E-state index contributed by atoms with van der Waals surface area (Å²) in [7, 11) is 1.98. The van der Waals surface area contributed by atoms with E-state index in [1.54, 1.807) is 6.20 Å². The Hall–Kier alpha value is -1.82. The molecule has 2 heterocycles. The van der Waals surface area contributed by atoms with Gasteiger partial charge in [0.1, 0.15) is 0 Å². The minimum atomic E-state index is 0.376. The van der Waals surface area contributed by atoms with E-state index >= 15 is 0 Å². The molecule has 13 heavy (non-hydrogen) atoms. The van der Waals surface area contributed by atoms with Crippen molar-refractivity contribution in [2.24, 2.45) is 7.05 Å². The quantitative estimate of drug-likeness (QED) is 0.654. The van der Waals surface area contributed by atoms with Crippen LogP contribution in [0.4, 0.5) is 0 Å². The zero-order valence-electron chi connectivity index (χ0n) is 7.36. The fraction of sp³-hybridized carbons (Fsp3) is 0.200. The number of aryl methyl sites for hydroxylation is 1. The molecule has 0 atom stereocenters. The molecule has 3 heteroatoms. The fourth-order valence-electron chi connectivity index (χ4n) is 1.48. The monoisotopic (exact) mass is 171 g/mol. The largest absolute Gasteiger partial charge is 0.350 e. The third kappa shape index (κ3) is 1.17. The van der Waals surface area contributed by atoms with Crippen molar-refractivity contribution in [3.63, 3.8) is 0 Å². The summed E-state index contributed by atoms with van der Waals surface area (Å²) in [5.41, 5.74) is 1.99. The smallest absolute Gasteiger partial charge is 0.0781 e. The molecule has 0 fully saturated rings. The molecule has 0 N–H and O–H groups in total. The Labute approximate surface area is 76.2 Å². The van der Waals surface area contributed by atoms with Crippen LogP contribution in [-0.2, 0) is 13.5 Å². The zero-order valence-corrected chi connectivity index (χ0v) is 7.36. The second-order valence-electron chi connectivity index (χ2n) is 2.95. The summed E-state index contributed by atoms with van der Waals surface area (Å²) >= 11 is 0. The SMILES string of the molecule is Cn1ccc2c(CC#N)nccc21. The van der Waals surface area contributed by atoms with Gasteiger partial charge in [-0.05, 0) is 12.1 Å². The van der Waals surface area contributed by atoms with Crippen LogP contribution in [0.2, 0.25) is 0 Å². The van der Waals surface area contributed by atoms with Crippen molar-refractivity contribution in [2.45, 2.75) is 6.42 Å². The van der Waals surface area contributed by atoms with Crippen molar-refractivity contribution >= 4 is 10.9 Å². The zero-order chi connectivity index (χ0) is 9.26. The van der Waals surface area contributed by atoms with Crippen LogP contribution >= 0.6 is 0 Å². The predicted octanol–water partition coefficient (Wildman–Crippen LogP) is 1.64. The summed E-state index contributed by atoms with van der Waals surface area (Å²) in [4.78, 5) is 4.17. The number of hydrogen-bond acceptors (Lipinski definition) is 2. The van der Waals surface area contributed by atoms with Gasteiger partial charge in [0, 0.05) is 24.8 Å². The van der Waals surface area contributed by atoms with E-state index in [9.17, 15) is 0 Å². The highest BCUT2D eigenvalue weighted by molar-refractivity contribution is 5.82. The van der Waals surface area contributed by atoms with Crippen LogP contribution in [0.25, 0.3) is 10.9 Å². The number of nitriles is 1. The molecular weight excluding hydrogens is 162 g/mol. The highest BCUT2D eigenvalue weighted by Gasteiger charge is 2.03. The molecule has 0 unspecified atom stereocenters. The van der Waals surface area contributed by atoms with Crippen LogP contribution in [-0.4, -0.2) is 9.55 Å². The third-order valence-corrected chi connectivity index (χ3v) is 2.14. The lowest BCUT2D eigenvalue weighted by atomic mass is 10.2. The molecule has 2 aromatic heterocycles. The van der Waals surface area contributed by atoms with E-state index in [-0.39, 0.29) is 0 Å². The maximum Gasteiger partial charge on any atom is 0.0781 e. The lowest BCUT2D eigenvalue weighted by Crippen LogP contribution is -1.90. The first-order valence-corrected chi connectivity index (χ1v) is 4.09. The number of aromatic nitrogens is 2. The van der Waals surface area contributed by atoms with E-state index in [2.05, 4.69) is 11.1 Å². The van der Waals surface area contributed by atoms with Gasteiger partial charge in [-0.1, -0.05) is 0 Å². The lowest BCUT2D eigenvalue weighted by Gasteiger charge is -1.98. The highest BCUT2D eigenvalue weighted by Crippen LogP contribution is 2.17. The van der Waals surface area contributed by atoms with E-state index in [1.165, 1.54) is 0 Å². The Kier molecular flexibility index (Phi) is 1.75. The van der Waals surface area contributed by atoms with Crippen LogP contribution in [0.5, 0.6) is 0 Å². The number of pyridine rings is 1. The van der Waals surface area contributed by atoms with Gasteiger partial charge in [-0.3, -0.25) is 4.98 Å². The maximum atomic E-state index is 8.59. The predicted molar refractivity (Wildman–Crippen MR) is 50.0 cm³/mol. The third-order valence-electron chi connectivity index (χ3n) is 2.14. The fourth-order valence-corrected chi connectivity index (χ4v) is 1.48. The first kappa shape index (κ1) is 7.81. The van der Waals surface area contributed by atoms with E-state index < -0.39 is 0 Å². The number of rotatable bonds is 1. The summed E-state index contributed by atoms with van der Waals surface area (Å²) in [6.07, 6.45) is 4.10.